The lowest BCUT2D eigenvalue weighted by molar-refractivity contribution is -0.113. The number of aromatic amines is 1. The Morgan fingerprint density at radius 1 is 0.905 bits per heavy atom. The molecule has 0 aliphatic heterocycles. The van der Waals surface area contributed by atoms with Gasteiger partial charge in [-0.2, -0.15) is 0 Å². The van der Waals surface area contributed by atoms with Gasteiger partial charge < -0.3 is 19.8 Å². The Bertz CT molecular complexity index is 1720. The first-order valence-corrected chi connectivity index (χ1v) is 15.8. The smallest absolute Gasteiger partial charge is 0.263 e. The molecule has 0 unspecified atom stereocenters. The molecule has 0 fully saturated rings. The molecule has 0 saturated carbocycles. The summed E-state index contributed by atoms with van der Waals surface area (Å²) in [5.41, 5.74) is 3.81. The van der Waals surface area contributed by atoms with Crippen LogP contribution in [0.2, 0.25) is 0 Å². The van der Waals surface area contributed by atoms with Gasteiger partial charge in [-0.05, 0) is 79.7 Å². The number of aromatic nitrogens is 4. The highest BCUT2D eigenvalue weighted by Gasteiger charge is 2.18. The second-order valence-electron chi connectivity index (χ2n) is 8.82. The molecule has 2 aromatic heterocycles. The van der Waals surface area contributed by atoms with Crippen LogP contribution < -0.4 is 19.5 Å². The van der Waals surface area contributed by atoms with E-state index in [0.29, 0.717) is 15.9 Å². The van der Waals surface area contributed by atoms with Crippen molar-refractivity contribution in [3.05, 3.63) is 77.8 Å². The van der Waals surface area contributed by atoms with Gasteiger partial charge in [-0.25, -0.2) is 13.4 Å². The molecule has 0 spiro atoms. The summed E-state index contributed by atoms with van der Waals surface area (Å²) in [6, 6.07) is 21.1. The van der Waals surface area contributed by atoms with E-state index in [1.54, 1.807) is 21.1 Å². The number of H-pyrrole nitrogens is 1. The van der Waals surface area contributed by atoms with E-state index in [0.717, 1.165) is 45.4 Å². The molecule has 5 rings (SSSR count). The van der Waals surface area contributed by atoms with E-state index in [4.69, 9.17) is 14.5 Å². The molecule has 0 saturated heterocycles. The zero-order valence-corrected chi connectivity index (χ0v) is 25.2. The van der Waals surface area contributed by atoms with Crippen molar-refractivity contribution in [3.63, 3.8) is 0 Å². The van der Waals surface area contributed by atoms with E-state index in [2.05, 4.69) is 25.2 Å². The Labute approximate surface area is 250 Å². The number of benzene rings is 3. The van der Waals surface area contributed by atoms with Crippen LogP contribution in [-0.2, 0) is 14.8 Å². The van der Waals surface area contributed by atoms with Crippen LogP contribution in [0.4, 0.5) is 10.8 Å². The van der Waals surface area contributed by atoms with E-state index in [1.165, 1.54) is 36.0 Å². The fourth-order valence-electron chi connectivity index (χ4n) is 3.90. The molecule has 5 aromatic rings. The van der Waals surface area contributed by atoms with Crippen LogP contribution in [0.15, 0.2) is 82.8 Å². The number of ether oxygens (including phenoxy) is 2. The summed E-state index contributed by atoms with van der Waals surface area (Å²) < 4.78 is 38.2. The number of aryl methyl sites for hydroxylation is 1. The number of hydrogen-bond donors (Lipinski definition) is 3. The highest BCUT2D eigenvalue weighted by Crippen LogP contribution is 2.34. The number of rotatable bonds is 11. The van der Waals surface area contributed by atoms with E-state index >= 15 is 0 Å². The maximum atomic E-state index is 12.7. The molecule has 0 atom stereocenters. The summed E-state index contributed by atoms with van der Waals surface area (Å²) >= 11 is 2.39. The molecule has 0 bridgehead atoms. The second-order valence-corrected chi connectivity index (χ2v) is 12.6. The first-order valence-electron chi connectivity index (χ1n) is 12.5. The van der Waals surface area contributed by atoms with E-state index in [1.807, 2.05) is 48.5 Å². The number of nitrogens with one attached hydrogen (secondary N) is 3. The third kappa shape index (κ3) is 6.90. The number of methoxy groups -OCH3 is 2. The molecule has 0 aliphatic rings. The summed E-state index contributed by atoms with van der Waals surface area (Å²) in [5.74, 6) is 1.28. The summed E-state index contributed by atoms with van der Waals surface area (Å²) in [6.45, 7) is 1.73. The lowest BCUT2D eigenvalue weighted by Gasteiger charge is -2.07. The Morgan fingerprint density at radius 2 is 1.52 bits per heavy atom. The molecule has 11 nitrogen and oxygen atoms in total. The number of thioether (sulfide) groups is 1. The van der Waals surface area contributed by atoms with Gasteiger partial charge in [0, 0.05) is 16.8 Å². The number of sulfonamides is 1. The maximum absolute atomic E-state index is 12.7. The van der Waals surface area contributed by atoms with Crippen LogP contribution in [0.3, 0.4) is 0 Å². The van der Waals surface area contributed by atoms with Crippen LogP contribution in [0.25, 0.3) is 22.5 Å². The number of imidazole rings is 1. The molecule has 42 heavy (non-hydrogen) atoms. The minimum atomic E-state index is -3.83. The molecule has 3 N–H and O–H groups in total. The number of anilines is 2. The van der Waals surface area contributed by atoms with E-state index in [9.17, 15) is 13.2 Å². The van der Waals surface area contributed by atoms with Crippen molar-refractivity contribution in [3.8, 4) is 34.0 Å². The largest absolute Gasteiger partial charge is 0.497 e. The van der Waals surface area contributed by atoms with Crippen molar-refractivity contribution >= 4 is 49.8 Å². The second kappa shape index (κ2) is 12.6. The van der Waals surface area contributed by atoms with Crippen LogP contribution in [0.1, 0.15) is 5.01 Å². The van der Waals surface area contributed by atoms with Gasteiger partial charge >= 0.3 is 0 Å². The van der Waals surface area contributed by atoms with Gasteiger partial charge in [-0.15, -0.1) is 10.2 Å². The van der Waals surface area contributed by atoms with Gasteiger partial charge in [0.15, 0.2) is 5.16 Å². The molecule has 1 amide bonds. The predicted molar refractivity (Wildman–Crippen MR) is 164 cm³/mol. The Morgan fingerprint density at radius 3 is 2.10 bits per heavy atom. The Balaban J connectivity index is 1.27. The molecule has 2 heterocycles. The standard InChI is InChI=1S/C28H26N6O5S3/c1-17-32-33-28(41-17)34-42(36,37)23-14-8-20(9-15-23)29-24(35)16-40-27-30-25(18-4-10-21(38-2)11-5-18)26(31-27)19-6-12-22(39-3)13-7-19/h4-15H,16H2,1-3H3,(H,29,35)(H,30,31)(H,33,34). The van der Waals surface area contributed by atoms with Crippen molar-refractivity contribution in [1.29, 1.82) is 0 Å². The van der Waals surface area contributed by atoms with Crippen LogP contribution in [0, 0.1) is 6.92 Å². The van der Waals surface area contributed by atoms with E-state index < -0.39 is 10.0 Å². The SMILES string of the molecule is COc1ccc(-c2nc(SCC(=O)Nc3ccc(S(=O)(=O)Nc4nnc(C)s4)cc3)[nH]c2-c2ccc(OC)cc2)cc1. The fourth-order valence-corrected chi connectivity index (χ4v) is 6.40. The Hall–Kier alpha value is -4.40. The lowest BCUT2D eigenvalue weighted by atomic mass is 10.0. The number of nitrogens with zero attached hydrogens (tertiary/aromatic N) is 3. The van der Waals surface area contributed by atoms with Gasteiger partial charge in [0.05, 0.1) is 36.3 Å². The molecule has 3 aromatic carbocycles. The first kappa shape index (κ1) is 29.1. The number of carbonyl (C=O) groups excluding carboxylic acids is 1. The van der Waals surface area contributed by atoms with Crippen molar-refractivity contribution in [2.24, 2.45) is 0 Å². The van der Waals surface area contributed by atoms with Gasteiger partial charge in [-0.1, -0.05) is 23.1 Å². The molecule has 0 radical (unpaired) electrons. The van der Waals surface area contributed by atoms with Gasteiger partial charge in [-0.3, -0.25) is 9.52 Å². The van der Waals surface area contributed by atoms with E-state index in [-0.39, 0.29) is 21.7 Å². The number of amides is 1. The lowest BCUT2D eigenvalue weighted by Crippen LogP contribution is -2.15. The van der Waals surface area contributed by atoms with Crippen molar-refractivity contribution in [2.75, 3.05) is 30.0 Å². The summed E-state index contributed by atoms with van der Waals surface area (Å²) in [7, 11) is -0.604. The van der Waals surface area contributed by atoms with Crippen LogP contribution in [0.5, 0.6) is 11.5 Å². The molecular weight excluding hydrogens is 597 g/mol. The highest BCUT2D eigenvalue weighted by atomic mass is 32.2. The third-order valence-electron chi connectivity index (χ3n) is 5.96. The maximum Gasteiger partial charge on any atom is 0.263 e. The minimum absolute atomic E-state index is 0.0374. The number of hydrogen-bond acceptors (Lipinski definition) is 10. The summed E-state index contributed by atoms with van der Waals surface area (Å²) in [5, 5.41) is 11.8. The third-order valence-corrected chi connectivity index (χ3v) is 9.07. The molecule has 216 valence electrons. The predicted octanol–water partition coefficient (Wildman–Crippen LogP) is 5.45. The van der Waals surface area contributed by atoms with Crippen LogP contribution >= 0.6 is 23.1 Å². The fraction of sp³-hybridized carbons (Fsp3) is 0.143. The van der Waals surface area contributed by atoms with Gasteiger partial charge in [0.2, 0.25) is 11.0 Å². The summed E-state index contributed by atoms with van der Waals surface area (Å²) in [6.07, 6.45) is 0. The topological polar surface area (TPSA) is 148 Å². The van der Waals surface area contributed by atoms with Crippen molar-refractivity contribution in [2.45, 2.75) is 17.0 Å². The van der Waals surface area contributed by atoms with Crippen molar-refractivity contribution < 1.29 is 22.7 Å². The number of carbonyl (C=O) groups is 1. The molecular formula is C28H26N6O5S3. The van der Waals surface area contributed by atoms with Crippen molar-refractivity contribution in [1.82, 2.24) is 20.2 Å². The normalized spacial score (nSPS) is 11.2. The zero-order valence-electron chi connectivity index (χ0n) is 22.7. The monoisotopic (exact) mass is 622 g/mol. The molecule has 0 aliphatic carbocycles. The minimum Gasteiger partial charge on any atom is -0.497 e. The average molecular weight is 623 g/mol. The zero-order chi connectivity index (χ0) is 29.7. The quantitative estimate of drug-likeness (QED) is 0.164. The Kier molecular flexibility index (Phi) is 8.75. The summed E-state index contributed by atoms with van der Waals surface area (Å²) in [4.78, 5) is 20.9. The highest BCUT2D eigenvalue weighted by molar-refractivity contribution is 7.99. The molecule has 14 heteroatoms. The van der Waals surface area contributed by atoms with Gasteiger partial charge in [0.1, 0.15) is 16.5 Å². The van der Waals surface area contributed by atoms with Crippen LogP contribution in [-0.4, -0.2) is 54.5 Å². The first-order chi connectivity index (χ1) is 20.2. The van der Waals surface area contributed by atoms with Gasteiger partial charge in [0.25, 0.3) is 10.0 Å². The average Bonchev–Trinajstić information content (AvgIpc) is 3.62.